The predicted octanol–water partition coefficient (Wildman–Crippen LogP) is 1.35. The van der Waals surface area contributed by atoms with Crippen molar-refractivity contribution in [3.8, 4) is 11.3 Å². The van der Waals surface area contributed by atoms with E-state index in [0.29, 0.717) is 17.8 Å². The zero-order valence-corrected chi connectivity index (χ0v) is 16.7. The normalized spacial score (nSPS) is 12.0. The third-order valence-corrected chi connectivity index (χ3v) is 4.48. The highest BCUT2D eigenvalue weighted by molar-refractivity contribution is 5.92. The molecule has 0 fully saturated rings. The summed E-state index contributed by atoms with van der Waals surface area (Å²) in [6.45, 7) is 3.50. The van der Waals surface area contributed by atoms with Gasteiger partial charge in [0.15, 0.2) is 0 Å². The first-order valence-electron chi connectivity index (χ1n) is 9.39. The highest BCUT2D eigenvalue weighted by Crippen LogP contribution is 2.20. The Morgan fingerprint density at radius 2 is 1.97 bits per heavy atom. The fraction of sp³-hybridized carbons (Fsp3) is 0.286. The number of nitrogens with one attached hydrogen (secondary N) is 1. The number of aliphatic hydroxyl groups excluding tert-OH is 2. The lowest BCUT2D eigenvalue weighted by molar-refractivity contribution is 0.0799. The Kier molecular flexibility index (Phi) is 6.43. The van der Waals surface area contributed by atoms with Gasteiger partial charge in [-0.15, -0.1) is 0 Å². The van der Waals surface area contributed by atoms with Crippen LogP contribution >= 0.6 is 0 Å². The zero-order valence-electron chi connectivity index (χ0n) is 16.7. The Labute approximate surface area is 171 Å². The number of hydrogen-bond donors (Lipinski definition) is 3. The summed E-state index contributed by atoms with van der Waals surface area (Å²) < 4.78 is 16.3. The molecule has 1 amide bonds. The van der Waals surface area contributed by atoms with Crippen LogP contribution in [-0.4, -0.2) is 49.3 Å². The molecule has 1 atom stereocenters. The van der Waals surface area contributed by atoms with Crippen LogP contribution in [0.15, 0.2) is 53.1 Å². The van der Waals surface area contributed by atoms with E-state index < -0.39 is 24.2 Å². The summed E-state index contributed by atoms with van der Waals surface area (Å²) in [5, 5.41) is 20.7. The fourth-order valence-electron chi connectivity index (χ4n) is 2.86. The molecule has 9 heteroatoms. The number of hydrogen-bond acceptors (Lipinski definition) is 5. The van der Waals surface area contributed by atoms with Crippen molar-refractivity contribution in [1.82, 2.24) is 19.3 Å². The first kappa shape index (κ1) is 21.4. The molecule has 0 spiro atoms. The highest BCUT2D eigenvalue weighted by atomic mass is 19.1. The SMILES string of the molecule is CC(C)=CCn1c(-c2ccc(F)cc2)cn2cc(C(=O)NCC(O)CO)nc2c1=O. The molecule has 8 nitrogen and oxygen atoms in total. The van der Waals surface area contributed by atoms with E-state index >= 15 is 0 Å². The van der Waals surface area contributed by atoms with E-state index in [0.717, 1.165) is 5.57 Å². The monoisotopic (exact) mass is 414 g/mol. The molecule has 3 aromatic rings. The first-order chi connectivity index (χ1) is 14.3. The molecule has 0 aliphatic carbocycles. The summed E-state index contributed by atoms with van der Waals surface area (Å²) >= 11 is 0. The molecule has 0 aliphatic rings. The van der Waals surface area contributed by atoms with Crippen LogP contribution in [0.25, 0.3) is 16.9 Å². The maximum absolute atomic E-state index is 13.4. The Morgan fingerprint density at radius 3 is 2.60 bits per heavy atom. The van der Waals surface area contributed by atoms with Gasteiger partial charge >= 0.3 is 0 Å². The van der Waals surface area contributed by atoms with E-state index in [4.69, 9.17) is 5.11 Å². The molecule has 1 aromatic carbocycles. The van der Waals surface area contributed by atoms with Gasteiger partial charge in [-0.2, -0.15) is 0 Å². The van der Waals surface area contributed by atoms with Crippen molar-refractivity contribution in [2.24, 2.45) is 0 Å². The average molecular weight is 414 g/mol. The topological polar surface area (TPSA) is 109 Å². The number of imidazole rings is 1. The molecule has 3 N–H and O–H groups in total. The minimum atomic E-state index is -1.09. The Bertz CT molecular complexity index is 1140. The van der Waals surface area contributed by atoms with Crippen LogP contribution in [0.5, 0.6) is 0 Å². The van der Waals surface area contributed by atoms with Gasteiger partial charge in [-0.1, -0.05) is 11.6 Å². The third-order valence-electron chi connectivity index (χ3n) is 4.48. The fourth-order valence-corrected chi connectivity index (χ4v) is 2.86. The van der Waals surface area contributed by atoms with Gasteiger partial charge in [-0.3, -0.25) is 18.6 Å². The summed E-state index contributed by atoms with van der Waals surface area (Å²) in [5.74, 6) is -0.963. The lowest BCUT2D eigenvalue weighted by Gasteiger charge is -2.12. The van der Waals surface area contributed by atoms with E-state index in [1.807, 2.05) is 19.9 Å². The van der Waals surface area contributed by atoms with E-state index in [9.17, 15) is 19.1 Å². The molecule has 3 rings (SSSR count). The molecule has 158 valence electrons. The zero-order chi connectivity index (χ0) is 21.8. The van der Waals surface area contributed by atoms with Gasteiger partial charge < -0.3 is 15.5 Å². The molecule has 30 heavy (non-hydrogen) atoms. The number of carbonyl (C=O) groups excluding carboxylic acids is 1. The van der Waals surface area contributed by atoms with Crippen LogP contribution in [-0.2, 0) is 6.54 Å². The van der Waals surface area contributed by atoms with Crippen LogP contribution in [0.3, 0.4) is 0 Å². The number of rotatable bonds is 7. The van der Waals surface area contributed by atoms with Gasteiger partial charge in [0, 0.05) is 25.5 Å². The molecule has 2 heterocycles. The standard InChI is InChI=1S/C21H23FN4O4/c1-13(2)7-8-26-18(14-3-5-15(22)6-4-14)11-25-10-17(24-19(25)21(26)30)20(29)23-9-16(28)12-27/h3-7,10-11,16,27-28H,8-9,12H2,1-2H3,(H,23,29). The molecule has 0 saturated carbocycles. The van der Waals surface area contributed by atoms with Crippen molar-refractivity contribution in [3.63, 3.8) is 0 Å². The number of amides is 1. The van der Waals surface area contributed by atoms with Crippen LogP contribution in [0, 0.1) is 5.82 Å². The van der Waals surface area contributed by atoms with E-state index in [1.165, 1.54) is 27.3 Å². The quantitative estimate of drug-likeness (QED) is 0.506. The second-order valence-corrected chi connectivity index (χ2v) is 7.12. The summed E-state index contributed by atoms with van der Waals surface area (Å²) in [5.41, 5.74) is 1.88. The summed E-state index contributed by atoms with van der Waals surface area (Å²) in [6.07, 6.45) is 3.88. The van der Waals surface area contributed by atoms with Gasteiger partial charge in [0.1, 0.15) is 11.5 Å². The maximum Gasteiger partial charge on any atom is 0.295 e. The van der Waals surface area contributed by atoms with Crippen molar-refractivity contribution in [2.75, 3.05) is 13.2 Å². The number of benzene rings is 1. The lowest BCUT2D eigenvalue weighted by atomic mass is 10.1. The number of aromatic nitrogens is 3. The van der Waals surface area contributed by atoms with E-state index in [-0.39, 0.29) is 23.7 Å². The van der Waals surface area contributed by atoms with Crippen LogP contribution in [0.1, 0.15) is 24.3 Å². The molecular formula is C21H23FN4O4. The molecule has 1 unspecified atom stereocenters. The highest BCUT2D eigenvalue weighted by Gasteiger charge is 2.17. The number of fused-ring (bicyclic) bond motifs is 1. The number of allylic oxidation sites excluding steroid dienone is 2. The average Bonchev–Trinajstić information content (AvgIpc) is 3.16. The first-order valence-corrected chi connectivity index (χ1v) is 9.39. The minimum Gasteiger partial charge on any atom is -0.394 e. The number of carbonyl (C=O) groups is 1. The van der Waals surface area contributed by atoms with Crippen molar-refractivity contribution >= 4 is 11.6 Å². The van der Waals surface area contributed by atoms with Crippen LogP contribution in [0.2, 0.25) is 0 Å². The van der Waals surface area contributed by atoms with Crippen LogP contribution < -0.4 is 10.9 Å². The molecule has 2 aromatic heterocycles. The predicted molar refractivity (Wildman–Crippen MR) is 110 cm³/mol. The Hall–Kier alpha value is -3.30. The second kappa shape index (κ2) is 9.02. The maximum atomic E-state index is 13.4. The molecule has 0 aliphatic heterocycles. The Morgan fingerprint density at radius 1 is 1.27 bits per heavy atom. The molecule has 0 bridgehead atoms. The number of halogens is 1. The van der Waals surface area contributed by atoms with Crippen molar-refractivity contribution in [3.05, 3.63) is 70.2 Å². The molecule has 0 saturated heterocycles. The molecule has 0 radical (unpaired) electrons. The smallest absolute Gasteiger partial charge is 0.295 e. The van der Waals surface area contributed by atoms with Gasteiger partial charge in [0.05, 0.1) is 18.4 Å². The van der Waals surface area contributed by atoms with Gasteiger partial charge in [-0.25, -0.2) is 9.37 Å². The largest absolute Gasteiger partial charge is 0.394 e. The molecular weight excluding hydrogens is 391 g/mol. The Balaban J connectivity index is 2.09. The summed E-state index contributed by atoms with van der Waals surface area (Å²) in [7, 11) is 0. The second-order valence-electron chi connectivity index (χ2n) is 7.12. The van der Waals surface area contributed by atoms with E-state index in [1.54, 1.807) is 18.3 Å². The summed E-state index contributed by atoms with van der Waals surface area (Å²) in [4.78, 5) is 29.6. The number of nitrogens with zero attached hydrogens (tertiary/aromatic N) is 3. The van der Waals surface area contributed by atoms with E-state index in [2.05, 4.69) is 10.3 Å². The van der Waals surface area contributed by atoms with Gasteiger partial charge in [-0.05, 0) is 43.7 Å². The third kappa shape index (κ3) is 4.64. The van der Waals surface area contributed by atoms with Gasteiger partial charge in [0.2, 0.25) is 5.65 Å². The number of aliphatic hydroxyl groups is 2. The summed E-state index contributed by atoms with van der Waals surface area (Å²) in [6, 6.07) is 5.79. The minimum absolute atomic E-state index is 0.00209. The lowest BCUT2D eigenvalue weighted by Crippen LogP contribution is -2.34. The van der Waals surface area contributed by atoms with Crippen LogP contribution in [0.4, 0.5) is 4.39 Å². The van der Waals surface area contributed by atoms with Crippen molar-refractivity contribution in [2.45, 2.75) is 26.5 Å². The van der Waals surface area contributed by atoms with Crippen molar-refractivity contribution in [1.29, 1.82) is 0 Å². The van der Waals surface area contributed by atoms with Crippen molar-refractivity contribution < 1.29 is 19.4 Å². The van der Waals surface area contributed by atoms with Gasteiger partial charge in [0.25, 0.3) is 11.5 Å².